The van der Waals surface area contributed by atoms with Gasteiger partial charge < -0.3 is 9.47 Å². The van der Waals surface area contributed by atoms with Crippen molar-refractivity contribution in [1.29, 1.82) is 0 Å². The first-order chi connectivity index (χ1) is 11.7. The second-order valence-corrected chi connectivity index (χ2v) is 6.51. The predicted molar refractivity (Wildman–Crippen MR) is 87.5 cm³/mol. The fourth-order valence-corrected chi connectivity index (χ4v) is 3.04. The summed E-state index contributed by atoms with van der Waals surface area (Å²) in [7, 11) is 0. The summed E-state index contributed by atoms with van der Waals surface area (Å²) in [5.41, 5.74) is 1.67. The van der Waals surface area contributed by atoms with Gasteiger partial charge in [0.05, 0.1) is 6.04 Å². The van der Waals surface area contributed by atoms with Crippen LogP contribution in [0.5, 0.6) is 5.75 Å². The third-order valence-corrected chi connectivity index (χ3v) is 4.36. The summed E-state index contributed by atoms with van der Waals surface area (Å²) >= 11 is 0. The van der Waals surface area contributed by atoms with Gasteiger partial charge >= 0.3 is 12.4 Å². The highest BCUT2D eigenvalue weighted by molar-refractivity contribution is 5.68. The third kappa shape index (κ3) is 5.03. The van der Waals surface area contributed by atoms with E-state index in [0.717, 1.165) is 24.0 Å². The number of halogens is 3. The Morgan fingerprint density at radius 2 is 1.80 bits per heavy atom. The Balaban J connectivity index is 2.05. The second-order valence-electron chi connectivity index (χ2n) is 6.51. The maximum Gasteiger partial charge on any atom is 0.490 e. The zero-order chi connectivity index (χ0) is 18.6. The van der Waals surface area contributed by atoms with Crippen LogP contribution in [-0.2, 0) is 4.74 Å². The zero-order valence-corrected chi connectivity index (χ0v) is 14.7. The van der Waals surface area contributed by atoms with Crippen molar-refractivity contribution in [3.63, 3.8) is 0 Å². The highest BCUT2D eigenvalue weighted by atomic mass is 19.4. The summed E-state index contributed by atoms with van der Waals surface area (Å²) < 4.78 is 50.7. The molecule has 2 rings (SSSR count). The Labute approximate surface area is 145 Å². The smallest absolute Gasteiger partial charge is 0.490 e. The van der Waals surface area contributed by atoms with Crippen molar-refractivity contribution < 1.29 is 27.4 Å². The van der Waals surface area contributed by atoms with Gasteiger partial charge in [-0.25, -0.2) is 9.69 Å². The molecule has 1 amide bonds. The van der Waals surface area contributed by atoms with Gasteiger partial charge in [0.15, 0.2) is 0 Å². The molecule has 0 radical (unpaired) electrons. The molecule has 0 saturated heterocycles. The number of para-hydroxylation sites is 1. The van der Waals surface area contributed by atoms with Gasteiger partial charge in [0.25, 0.3) is 0 Å². The molecular formula is C18H24F3NO3. The maximum absolute atomic E-state index is 13.3. The van der Waals surface area contributed by atoms with Gasteiger partial charge in [-0.05, 0) is 57.6 Å². The van der Waals surface area contributed by atoms with E-state index in [9.17, 15) is 18.0 Å². The van der Waals surface area contributed by atoms with E-state index in [1.165, 1.54) is 6.92 Å². The van der Waals surface area contributed by atoms with Crippen molar-refractivity contribution >= 4 is 6.09 Å². The van der Waals surface area contributed by atoms with E-state index in [2.05, 4.69) is 0 Å². The standard InChI is InChI=1S/C18H24F3NO3/c1-12-7-6-8-13(2)16(12)24-11-14(3)22(18(19,20)21)17(23)25-15-9-4-5-10-15/h6-8,14-15H,4-5,9-11H2,1-3H3. The van der Waals surface area contributed by atoms with E-state index in [-0.39, 0.29) is 11.5 Å². The average Bonchev–Trinajstić information content (AvgIpc) is 2.98. The van der Waals surface area contributed by atoms with Crippen LogP contribution in [0.15, 0.2) is 18.2 Å². The minimum atomic E-state index is -4.82. The quantitative estimate of drug-likeness (QED) is 0.697. The molecule has 0 bridgehead atoms. The molecule has 1 aliphatic carbocycles. The minimum absolute atomic E-state index is 0.182. The molecule has 0 N–H and O–H groups in total. The van der Waals surface area contributed by atoms with Crippen molar-refractivity contribution in [1.82, 2.24) is 4.90 Å². The van der Waals surface area contributed by atoms with Gasteiger partial charge in [-0.2, -0.15) is 0 Å². The number of aryl methyl sites for hydroxylation is 2. The van der Waals surface area contributed by atoms with Crippen LogP contribution in [0, 0.1) is 13.8 Å². The molecule has 1 unspecified atom stereocenters. The van der Waals surface area contributed by atoms with Gasteiger partial charge in [0, 0.05) is 0 Å². The van der Waals surface area contributed by atoms with E-state index in [1.807, 2.05) is 32.0 Å². The van der Waals surface area contributed by atoms with Crippen LogP contribution in [0.2, 0.25) is 0 Å². The Morgan fingerprint density at radius 3 is 2.32 bits per heavy atom. The van der Waals surface area contributed by atoms with Gasteiger partial charge in [-0.3, -0.25) is 0 Å². The zero-order valence-electron chi connectivity index (χ0n) is 14.7. The van der Waals surface area contributed by atoms with Crippen LogP contribution in [0.3, 0.4) is 0 Å². The molecule has 0 heterocycles. The van der Waals surface area contributed by atoms with E-state index in [4.69, 9.17) is 9.47 Å². The molecule has 1 aromatic rings. The van der Waals surface area contributed by atoms with E-state index < -0.39 is 24.5 Å². The lowest BCUT2D eigenvalue weighted by Crippen LogP contribution is -2.51. The molecule has 7 heteroatoms. The number of alkyl halides is 3. The summed E-state index contributed by atoms with van der Waals surface area (Å²) in [5.74, 6) is 0.542. The van der Waals surface area contributed by atoms with E-state index in [0.29, 0.717) is 18.6 Å². The highest BCUT2D eigenvalue weighted by Gasteiger charge is 2.46. The molecule has 25 heavy (non-hydrogen) atoms. The summed E-state index contributed by atoms with van der Waals surface area (Å²) in [6.45, 7) is 4.67. The summed E-state index contributed by atoms with van der Waals surface area (Å²) in [5, 5.41) is 0. The number of carbonyl (C=O) groups is 1. The molecule has 1 atom stereocenters. The molecule has 0 spiro atoms. The minimum Gasteiger partial charge on any atom is -0.491 e. The number of hydrogen-bond acceptors (Lipinski definition) is 3. The largest absolute Gasteiger partial charge is 0.491 e. The normalized spacial score (nSPS) is 16.6. The lowest BCUT2D eigenvalue weighted by molar-refractivity contribution is -0.243. The molecule has 4 nitrogen and oxygen atoms in total. The predicted octanol–water partition coefficient (Wildman–Crippen LogP) is 4.97. The van der Waals surface area contributed by atoms with Gasteiger partial charge in [-0.1, -0.05) is 18.2 Å². The third-order valence-electron chi connectivity index (χ3n) is 4.36. The molecule has 1 fully saturated rings. The number of carbonyl (C=O) groups excluding carboxylic acids is 1. The number of hydrogen-bond donors (Lipinski definition) is 0. The fraction of sp³-hybridized carbons (Fsp3) is 0.611. The van der Waals surface area contributed by atoms with Crippen molar-refractivity contribution in [2.45, 2.75) is 64.9 Å². The molecule has 1 saturated carbocycles. The number of amides is 1. The van der Waals surface area contributed by atoms with Crippen molar-refractivity contribution in [2.75, 3.05) is 6.61 Å². The summed E-state index contributed by atoms with van der Waals surface area (Å²) in [6, 6.07) is 4.29. The average molecular weight is 359 g/mol. The fourth-order valence-electron chi connectivity index (χ4n) is 3.04. The first-order valence-electron chi connectivity index (χ1n) is 8.46. The monoisotopic (exact) mass is 359 g/mol. The van der Waals surface area contributed by atoms with Crippen molar-refractivity contribution in [3.8, 4) is 5.75 Å². The number of ether oxygens (including phenoxy) is 2. The summed E-state index contributed by atoms with van der Waals surface area (Å²) in [4.78, 5) is 11.9. The lowest BCUT2D eigenvalue weighted by Gasteiger charge is -2.31. The molecule has 1 aromatic carbocycles. The van der Waals surface area contributed by atoms with Crippen LogP contribution < -0.4 is 4.74 Å². The van der Waals surface area contributed by atoms with E-state index in [1.54, 1.807) is 0 Å². The Hall–Kier alpha value is -1.92. The van der Waals surface area contributed by atoms with E-state index >= 15 is 0 Å². The van der Waals surface area contributed by atoms with Gasteiger partial charge in [-0.15, -0.1) is 13.2 Å². The number of nitrogens with zero attached hydrogens (tertiary/aromatic N) is 1. The topological polar surface area (TPSA) is 38.8 Å². The summed E-state index contributed by atoms with van der Waals surface area (Å²) in [6.07, 6.45) is -3.62. The van der Waals surface area contributed by atoms with Crippen molar-refractivity contribution in [2.24, 2.45) is 0 Å². The van der Waals surface area contributed by atoms with Gasteiger partial charge in [0.2, 0.25) is 0 Å². The Bertz CT molecular complexity index is 577. The Morgan fingerprint density at radius 1 is 1.24 bits per heavy atom. The SMILES string of the molecule is Cc1cccc(C)c1OCC(C)N(C(=O)OC1CCCC1)C(F)(F)F. The molecule has 0 aromatic heterocycles. The van der Waals surface area contributed by atoms with Crippen LogP contribution in [0.25, 0.3) is 0 Å². The first-order valence-corrected chi connectivity index (χ1v) is 8.46. The maximum atomic E-state index is 13.3. The number of benzene rings is 1. The van der Waals surface area contributed by atoms with Crippen LogP contribution in [-0.4, -0.2) is 36.0 Å². The second kappa shape index (κ2) is 7.97. The Kier molecular flexibility index (Phi) is 6.19. The highest BCUT2D eigenvalue weighted by Crippen LogP contribution is 2.29. The van der Waals surface area contributed by atoms with Crippen LogP contribution >= 0.6 is 0 Å². The number of rotatable bonds is 5. The molecular weight excluding hydrogens is 335 g/mol. The molecule has 0 aliphatic heterocycles. The molecule has 140 valence electrons. The van der Waals surface area contributed by atoms with Crippen molar-refractivity contribution in [3.05, 3.63) is 29.3 Å². The van der Waals surface area contributed by atoms with Gasteiger partial charge in [0.1, 0.15) is 18.5 Å². The van der Waals surface area contributed by atoms with Crippen LogP contribution in [0.4, 0.5) is 18.0 Å². The first kappa shape index (κ1) is 19.4. The lowest BCUT2D eigenvalue weighted by atomic mass is 10.1. The van der Waals surface area contributed by atoms with Crippen LogP contribution in [0.1, 0.15) is 43.7 Å². The molecule has 1 aliphatic rings.